The van der Waals surface area contributed by atoms with Gasteiger partial charge in [0.05, 0.1) is 12.7 Å². The predicted octanol–water partition coefficient (Wildman–Crippen LogP) is 2.21. The summed E-state index contributed by atoms with van der Waals surface area (Å²) in [5, 5.41) is 3.41. The van der Waals surface area contributed by atoms with Crippen LogP contribution in [-0.2, 0) is 9.53 Å². The Morgan fingerprint density at radius 1 is 1.35 bits per heavy atom. The summed E-state index contributed by atoms with van der Waals surface area (Å²) >= 11 is 0. The molecule has 20 heavy (non-hydrogen) atoms. The maximum absolute atomic E-state index is 12.1. The Labute approximate surface area is 122 Å². The average molecular weight is 282 g/mol. The first kappa shape index (κ1) is 15.8. The number of amides is 1. The summed E-state index contributed by atoms with van der Waals surface area (Å²) in [5.41, 5.74) is 5.06. The average Bonchev–Trinajstić information content (AvgIpc) is 3.18. The smallest absolute Gasteiger partial charge is 0.240 e. The van der Waals surface area contributed by atoms with Crippen LogP contribution in [0.1, 0.15) is 59.3 Å². The van der Waals surface area contributed by atoms with Gasteiger partial charge < -0.3 is 10.5 Å². The fraction of sp³-hybridized carbons (Fsp3) is 0.938. The number of ether oxygens (including phenoxy) is 1. The Bertz CT molecular complexity index is 341. The van der Waals surface area contributed by atoms with E-state index in [1.165, 1.54) is 12.8 Å². The van der Waals surface area contributed by atoms with E-state index in [1.54, 1.807) is 0 Å². The lowest BCUT2D eigenvalue weighted by Crippen LogP contribution is -2.62. The zero-order valence-corrected chi connectivity index (χ0v) is 13.2. The molecule has 116 valence electrons. The van der Waals surface area contributed by atoms with Crippen molar-refractivity contribution in [3.8, 4) is 0 Å². The molecule has 0 aromatic heterocycles. The molecule has 3 atom stereocenters. The first-order valence-corrected chi connectivity index (χ1v) is 8.13. The van der Waals surface area contributed by atoms with E-state index < -0.39 is 5.54 Å². The normalized spacial score (nSPS) is 30.2. The molecule has 4 heteroatoms. The van der Waals surface area contributed by atoms with Crippen LogP contribution in [0.25, 0.3) is 0 Å². The Morgan fingerprint density at radius 3 is 2.55 bits per heavy atom. The summed E-state index contributed by atoms with van der Waals surface area (Å²) in [6.45, 7) is 6.83. The molecular formula is C16H30N2O2. The zero-order chi connectivity index (χ0) is 14.8. The Hall–Kier alpha value is -0.610. The quantitative estimate of drug-likeness (QED) is 0.752. The van der Waals surface area contributed by atoms with Crippen LogP contribution in [0.2, 0.25) is 0 Å². The van der Waals surface area contributed by atoms with Crippen LogP contribution in [0.3, 0.4) is 0 Å². The lowest BCUT2D eigenvalue weighted by atomic mass is 9.88. The van der Waals surface area contributed by atoms with Gasteiger partial charge in [-0.1, -0.05) is 19.8 Å². The molecule has 0 aromatic rings. The highest BCUT2D eigenvalue weighted by molar-refractivity contribution is 5.85. The van der Waals surface area contributed by atoms with E-state index in [1.807, 2.05) is 0 Å². The van der Waals surface area contributed by atoms with Crippen molar-refractivity contribution in [2.75, 3.05) is 6.61 Å². The minimum absolute atomic E-state index is 0.233. The highest BCUT2D eigenvalue weighted by Crippen LogP contribution is 2.41. The molecule has 0 saturated heterocycles. The minimum Gasteiger partial charge on any atom is -0.376 e. The van der Waals surface area contributed by atoms with E-state index >= 15 is 0 Å². The largest absolute Gasteiger partial charge is 0.376 e. The van der Waals surface area contributed by atoms with Crippen molar-refractivity contribution in [3.05, 3.63) is 0 Å². The Morgan fingerprint density at radius 2 is 2.05 bits per heavy atom. The molecule has 0 spiro atoms. The number of hydrogen-bond acceptors (Lipinski definition) is 3. The molecule has 4 nitrogen and oxygen atoms in total. The molecule has 0 aromatic carbocycles. The first-order chi connectivity index (χ1) is 9.44. The second kappa shape index (κ2) is 6.44. The van der Waals surface area contributed by atoms with Gasteiger partial charge in [-0.05, 0) is 51.4 Å². The van der Waals surface area contributed by atoms with Gasteiger partial charge in [-0.3, -0.25) is 10.1 Å². The molecule has 3 N–H and O–H groups in total. The van der Waals surface area contributed by atoms with Crippen molar-refractivity contribution in [3.63, 3.8) is 0 Å². The third-order valence-electron chi connectivity index (χ3n) is 4.70. The van der Waals surface area contributed by atoms with Crippen LogP contribution >= 0.6 is 0 Å². The molecular weight excluding hydrogens is 252 g/mol. The van der Waals surface area contributed by atoms with E-state index in [0.29, 0.717) is 18.6 Å². The van der Waals surface area contributed by atoms with Crippen molar-refractivity contribution >= 4 is 5.91 Å². The van der Waals surface area contributed by atoms with Gasteiger partial charge >= 0.3 is 0 Å². The van der Waals surface area contributed by atoms with Gasteiger partial charge in [0.25, 0.3) is 0 Å². The summed E-state index contributed by atoms with van der Waals surface area (Å²) in [5.74, 6) is 0.830. The molecule has 1 amide bonds. The van der Waals surface area contributed by atoms with Crippen molar-refractivity contribution in [1.82, 2.24) is 5.32 Å². The number of primary amides is 1. The number of rotatable bonds is 7. The van der Waals surface area contributed by atoms with Gasteiger partial charge in [0.1, 0.15) is 5.54 Å². The van der Waals surface area contributed by atoms with Gasteiger partial charge in [-0.15, -0.1) is 0 Å². The SMILES string of the molecule is CC1CCCC(OCC(NC(C)C)(C(N)=O)C2CC2)C1. The van der Waals surface area contributed by atoms with E-state index in [0.717, 1.165) is 31.6 Å². The third kappa shape index (κ3) is 3.73. The van der Waals surface area contributed by atoms with Crippen LogP contribution in [0.5, 0.6) is 0 Å². The van der Waals surface area contributed by atoms with Crippen molar-refractivity contribution in [1.29, 1.82) is 0 Å². The van der Waals surface area contributed by atoms with E-state index in [-0.39, 0.29) is 11.9 Å². The zero-order valence-electron chi connectivity index (χ0n) is 13.2. The van der Waals surface area contributed by atoms with Gasteiger partial charge in [0, 0.05) is 6.04 Å². The number of nitrogens with one attached hydrogen (secondary N) is 1. The summed E-state index contributed by atoms with van der Waals surface area (Å²) in [4.78, 5) is 12.1. The molecule has 2 fully saturated rings. The second-order valence-electron chi connectivity index (χ2n) is 7.11. The Balaban J connectivity index is 1.98. The van der Waals surface area contributed by atoms with Gasteiger partial charge in [-0.25, -0.2) is 0 Å². The maximum Gasteiger partial charge on any atom is 0.240 e. The predicted molar refractivity (Wildman–Crippen MR) is 80.3 cm³/mol. The minimum atomic E-state index is -0.658. The summed E-state index contributed by atoms with van der Waals surface area (Å²) in [7, 11) is 0. The molecule has 2 aliphatic carbocycles. The highest BCUT2D eigenvalue weighted by Gasteiger charge is 2.50. The van der Waals surface area contributed by atoms with Gasteiger partial charge in [0.2, 0.25) is 5.91 Å². The second-order valence-corrected chi connectivity index (χ2v) is 7.11. The highest BCUT2D eigenvalue weighted by atomic mass is 16.5. The van der Waals surface area contributed by atoms with E-state index in [2.05, 4.69) is 26.1 Å². The van der Waals surface area contributed by atoms with Gasteiger partial charge in [0.15, 0.2) is 0 Å². The maximum atomic E-state index is 12.1. The summed E-state index contributed by atoms with van der Waals surface area (Å²) in [6, 6.07) is 0.233. The molecule has 3 unspecified atom stereocenters. The number of nitrogens with two attached hydrogens (primary N) is 1. The summed E-state index contributed by atoms with van der Waals surface area (Å²) in [6.07, 6.45) is 7.21. The lowest BCUT2D eigenvalue weighted by Gasteiger charge is -2.36. The van der Waals surface area contributed by atoms with Crippen LogP contribution in [0.15, 0.2) is 0 Å². The first-order valence-electron chi connectivity index (χ1n) is 8.13. The number of carbonyl (C=O) groups is 1. The van der Waals surface area contributed by atoms with Crippen molar-refractivity contribution < 1.29 is 9.53 Å². The molecule has 2 rings (SSSR count). The Kier molecular flexibility index (Phi) is 5.08. The van der Waals surface area contributed by atoms with E-state index in [4.69, 9.17) is 10.5 Å². The molecule has 0 aliphatic heterocycles. The lowest BCUT2D eigenvalue weighted by molar-refractivity contribution is -0.130. The molecule has 0 heterocycles. The molecule has 2 saturated carbocycles. The third-order valence-corrected chi connectivity index (χ3v) is 4.70. The number of hydrogen-bond donors (Lipinski definition) is 2. The number of carbonyl (C=O) groups excluding carboxylic acids is 1. The van der Waals surface area contributed by atoms with Crippen LogP contribution in [0.4, 0.5) is 0 Å². The van der Waals surface area contributed by atoms with Crippen LogP contribution in [-0.4, -0.2) is 30.2 Å². The monoisotopic (exact) mass is 282 g/mol. The molecule has 0 bridgehead atoms. The van der Waals surface area contributed by atoms with E-state index in [9.17, 15) is 4.79 Å². The molecule has 0 radical (unpaired) electrons. The fourth-order valence-corrected chi connectivity index (χ4v) is 3.49. The van der Waals surface area contributed by atoms with Gasteiger partial charge in [-0.2, -0.15) is 0 Å². The van der Waals surface area contributed by atoms with Crippen molar-refractivity contribution in [2.45, 2.75) is 77.0 Å². The topological polar surface area (TPSA) is 64.3 Å². The fourth-order valence-electron chi connectivity index (χ4n) is 3.49. The summed E-state index contributed by atoms with van der Waals surface area (Å²) < 4.78 is 6.12. The van der Waals surface area contributed by atoms with Crippen molar-refractivity contribution in [2.24, 2.45) is 17.6 Å². The van der Waals surface area contributed by atoms with Crippen LogP contribution < -0.4 is 11.1 Å². The van der Waals surface area contributed by atoms with Crippen LogP contribution in [0, 0.1) is 11.8 Å². The molecule has 2 aliphatic rings. The standard InChI is InChI=1S/C16H30N2O2/c1-11(2)18-16(15(17)19,13-7-8-13)10-20-14-6-4-5-12(3)9-14/h11-14,18H,4-10H2,1-3H3,(H2,17,19).